The Morgan fingerprint density at radius 1 is 1.19 bits per heavy atom. The summed E-state index contributed by atoms with van der Waals surface area (Å²) in [7, 11) is 1.54. The van der Waals surface area contributed by atoms with Crippen molar-refractivity contribution in [2.75, 3.05) is 50.1 Å². The molecule has 2 amide bonds. The van der Waals surface area contributed by atoms with E-state index in [1.807, 2.05) is 30.3 Å². The number of carbonyl (C=O) groups is 2. The summed E-state index contributed by atoms with van der Waals surface area (Å²) in [6.45, 7) is 4.59. The van der Waals surface area contributed by atoms with Crippen LogP contribution in [0.2, 0.25) is 0 Å². The number of rotatable bonds is 7. The number of carbonyl (C=O) groups excluding carboxylic acids is 2. The highest BCUT2D eigenvalue weighted by atomic mass is 16.5. The van der Waals surface area contributed by atoms with Crippen LogP contribution in [0.4, 0.5) is 11.4 Å². The second kappa shape index (κ2) is 10.5. The van der Waals surface area contributed by atoms with E-state index in [9.17, 15) is 9.59 Å². The first-order valence-corrected chi connectivity index (χ1v) is 10.1. The van der Waals surface area contributed by atoms with Gasteiger partial charge in [-0.2, -0.15) is 5.26 Å². The van der Waals surface area contributed by atoms with Crippen LogP contribution < -0.4 is 15.0 Å². The Bertz CT molecular complexity index is 949. The fourth-order valence-electron chi connectivity index (χ4n) is 3.28. The maximum absolute atomic E-state index is 12.6. The third-order valence-corrected chi connectivity index (χ3v) is 4.94. The van der Waals surface area contributed by atoms with Crippen LogP contribution >= 0.6 is 0 Å². The van der Waals surface area contributed by atoms with Crippen molar-refractivity contribution < 1.29 is 19.1 Å². The van der Waals surface area contributed by atoms with Gasteiger partial charge in [0.25, 0.3) is 5.91 Å². The Balaban J connectivity index is 1.51. The van der Waals surface area contributed by atoms with Crippen molar-refractivity contribution in [3.63, 3.8) is 0 Å². The van der Waals surface area contributed by atoms with E-state index in [1.165, 1.54) is 4.90 Å². The number of anilines is 2. The summed E-state index contributed by atoms with van der Waals surface area (Å²) >= 11 is 0. The van der Waals surface area contributed by atoms with Crippen LogP contribution in [0.1, 0.15) is 12.5 Å². The zero-order valence-electron chi connectivity index (χ0n) is 17.7. The standard InChI is InChI=1S/C23H26N4O4/c1-17(31-21-6-4-3-5-18(21)15-24)23(29)26(2)16-22(28)25-19-7-9-20(10-8-19)27-11-13-30-14-12-27/h3-10,17H,11-14,16H2,1-2H3,(H,25,28). The molecule has 162 valence electrons. The maximum Gasteiger partial charge on any atom is 0.263 e. The molecular formula is C23H26N4O4. The number of benzene rings is 2. The second-order valence-corrected chi connectivity index (χ2v) is 7.26. The van der Waals surface area contributed by atoms with Crippen molar-refractivity contribution in [1.29, 1.82) is 5.26 Å². The summed E-state index contributed by atoms with van der Waals surface area (Å²) in [4.78, 5) is 28.5. The molecule has 0 spiro atoms. The molecule has 1 N–H and O–H groups in total. The van der Waals surface area contributed by atoms with E-state index < -0.39 is 6.10 Å². The number of ether oxygens (including phenoxy) is 2. The molecule has 3 rings (SSSR count). The fraction of sp³-hybridized carbons (Fsp3) is 0.348. The highest BCUT2D eigenvalue weighted by Crippen LogP contribution is 2.20. The zero-order valence-corrected chi connectivity index (χ0v) is 17.7. The van der Waals surface area contributed by atoms with E-state index in [0.29, 0.717) is 30.2 Å². The van der Waals surface area contributed by atoms with Crippen molar-refractivity contribution in [3.8, 4) is 11.8 Å². The first-order valence-electron chi connectivity index (χ1n) is 10.1. The average molecular weight is 422 g/mol. The number of amides is 2. The Morgan fingerprint density at radius 2 is 1.87 bits per heavy atom. The normalized spacial score (nSPS) is 14.3. The van der Waals surface area contributed by atoms with Gasteiger partial charge in [-0.1, -0.05) is 12.1 Å². The minimum absolute atomic E-state index is 0.113. The van der Waals surface area contributed by atoms with Gasteiger partial charge in [-0.15, -0.1) is 0 Å². The topological polar surface area (TPSA) is 94.9 Å². The van der Waals surface area contributed by atoms with Crippen LogP contribution in [0.5, 0.6) is 5.75 Å². The molecule has 0 radical (unpaired) electrons. The molecule has 0 aliphatic carbocycles. The summed E-state index contributed by atoms with van der Waals surface area (Å²) in [6, 6.07) is 16.3. The monoisotopic (exact) mass is 422 g/mol. The van der Waals surface area contributed by atoms with Gasteiger partial charge in [-0.05, 0) is 43.3 Å². The molecule has 2 aromatic carbocycles. The van der Waals surface area contributed by atoms with Crippen molar-refractivity contribution in [2.45, 2.75) is 13.0 Å². The van der Waals surface area contributed by atoms with E-state index in [4.69, 9.17) is 14.7 Å². The van der Waals surface area contributed by atoms with Gasteiger partial charge in [0.1, 0.15) is 11.8 Å². The van der Waals surface area contributed by atoms with Crippen LogP contribution in [0.25, 0.3) is 0 Å². The summed E-state index contributed by atoms with van der Waals surface area (Å²) in [6.07, 6.45) is -0.833. The smallest absolute Gasteiger partial charge is 0.263 e. The number of likely N-dealkylation sites (N-methyl/N-ethyl adjacent to an activating group) is 1. The molecule has 1 saturated heterocycles. The maximum atomic E-state index is 12.6. The zero-order chi connectivity index (χ0) is 22.2. The second-order valence-electron chi connectivity index (χ2n) is 7.26. The third kappa shape index (κ3) is 5.96. The van der Waals surface area contributed by atoms with Gasteiger partial charge < -0.3 is 24.6 Å². The first kappa shape index (κ1) is 22.1. The van der Waals surface area contributed by atoms with Crippen LogP contribution in [0.15, 0.2) is 48.5 Å². The number of nitrogens with one attached hydrogen (secondary N) is 1. The molecule has 1 aliphatic rings. The molecule has 8 nitrogen and oxygen atoms in total. The molecule has 0 saturated carbocycles. The lowest BCUT2D eigenvalue weighted by atomic mass is 10.2. The predicted octanol–water partition coefficient (Wildman–Crippen LogP) is 2.26. The predicted molar refractivity (Wildman–Crippen MR) is 117 cm³/mol. The quantitative estimate of drug-likeness (QED) is 0.736. The molecule has 8 heteroatoms. The molecule has 0 aromatic heterocycles. The van der Waals surface area contributed by atoms with Gasteiger partial charge in [-0.25, -0.2) is 0 Å². The molecule has 31 heavy (non-hydrogen) atoms. The minimum atomic E-state index is -0.833. The number of nitrogens with zero attached hydrogens (tertiary/aromatic N) is 3. The summed E-state index contributed by atoms with van der Waals surface area (Å²) in [5.74, 6) is -0.325. The summed E-state index contributed by atoms with van der Waals surface area (Å²) in [5.41, 5.74) is 2.09. The lowest BCUT2D eigenvalue weighted by molar-refractivity contribution is -0.139. The van der Waals surface area contributed by atoms with Crippen LogP contribution in [0.3, 0.4) is 0 Å². The number of hydrogen-bond acceptors (Lipinski definition) is 6. The molecule has 1 aliphatic heterocycles. The number of hydrogen-bond donors (Lipinski definition) is 1. The van der Waals surface area contributed by atoms with E-state index in [2.05, 4.69) is 10.2 Å². The number of para-hydroxylation sites is 1. The van der Waals surface area contributed by atoms with Crippen molar-refractivity contribution in [1.82, 2.24) is 4.90 Å². The van der Waals surface area contributed by atoms with E-state index in [1.54, 1.807) is 38.2 Å². The van der Waals surface area contributed by atoms with Gasteiger partial charge in [0.15, 0.2) is 6.10 Å². The molecule has 1 fully saturated rings. The van der Waals surface area contributed by atoms with E-state index in [0.717, 1.165) is 18.8 Å². The lowest BCUT2D eigenvalue weighted by Crippen LogP contribution is -2.42. The van der Waals surface area contributed by atoms with Crippen LogP contribution in [-0.2, 0) is 14.3 Å². The Labute approximate surface area is 182 Å². The molecule has 0 bridgehead atoms. The third-order valence-electron chi connectivity index (χ3n) is 4.94. The van der Waals surface area contributed by atoms with E-state index in [-0.39, 0.29) is 18.4 Å². The molecule has 2 aromatic rings. The van der Waals surface area contributed by atoms with Gasteiger partial charge >= 0.3 is 0 Å². The highest BCUT2D eigenvalue weighted by molar-refractivity contribution is 5.95. The molecular weight excluding hydrogens is 396 g/mol. The van der Waals surface area contributed by atoms with Crippen LogP contribution in [0, 0.1) is 11.3 Å². The fourth-order valence-corrected chi connectivity index (χ4v) is 3.28. The van der Waals surface area contributed by atoms with Crippen molar-refractivity contribution in [3.05, 3.63) is 54.1 Å². The molecule has 1 atom stereocenters. The van der Waals surface area contributed by atoms with Gasteiger partial charge in [0.2, 0.25) is 5.91 Å². The van der Waals surface area contributed by atoms with Crippen LogP contribution in [-0.4, -0.2) is 62.7 Å². The number of nitriles is 1. The van der Waals surface area contributed by atoms with E-state index >= 15 is 0 Å². The van der Waals surface area contributed by atoms with Gasteiger partial charge in [0.05, 0.1) is 25.3 Å². The SMILES string of the molecule is CC(Oc1ccccc1C#N)C(=O)N(C)CC(=O)Nc1ccc(N2CCOCC2)cc1. The summed E-state index contributed by atoms with van der Waals surface area (Å²) in [5, 5.41) is 11.9. The first-order chi connectivity index (χ1) is 15.0. The largest absolute Gasteiger partial charge is 0.480 e. The Morgan fingerprint density at radius 3 is 2.55 bits per heavy atom. The minimum Gasteiger partial charge on any atom is -0.480 e. The summed E-state index contributed by atoms with van der Waals surface area (Å²) < 4.78 is 11.0. The van der Waals surface area contributed by atoms with Gasteiger partial charge in [0, 0.05) is 31.5 Å². The highest BCUT2D eigenvalue weighted by Gasteiger charge is 2.22. The number of morpholine rings is 1. The molecule has 1 heterocycles. The Hall–Kier alpha value is -3.57. The lowest BCUT2D eigenvalue weighted by Gasteiger charge is -2.29. The molecule has 1 unspecified atom stereocenters. The van der Waals surface area contributed by atoms with Crippen molar-refractivity contribution in [2.24, 2.45) is 0 Å². The Kier molecular flexibility index (Phi) is 7.46. The average Bonchev–Trinajstić information content (AvgIpc) is 2.79. The van der Waals surface area contributed by atoms with Crippen molar-refractivity contribution >= 4 is 23.2 Å². The van der Waals surface area contributed by atoms with Gasteiger partial charge in [-0.3, -0.25) is 9.59 Å².